The Morgan fingerprint density at radius 3 is 1.55 bits per heavy atom. The van der Waals surface area contributed by atoms with Crippen LogP contribution in [0.25, 0.3) is 0 Å². The maximum absolute atomic E-state index is 2.55. The summed E-state index contributed by atoms with van der Waals surface area (Å²) in [6, 6.07) is 18.9. The van der Waals surface area contributed by atoms with Gasteiger partial charge in [0.15, 0.2) is 0 Å². The van der Waals surface area contributed by atoms with Gasteiger partial charge in [-0.1, -0.05) is 48.5 Å². The Labute approximate surface area is 133 Å². The second kappa shape index (κ2) is 5.53. The van der Waals surface area contributed by atoms with Gasteiger partial charge in [0.1, 0.15) is 0 Å². The molecule has 0 aliphatic carbocycles. The van der Waals surface area contributed by atoms with Crippen molar-refractivity contribution >= 4 is 0 Å². The van der Waals surface area contributed by atoms with Gasteiger partial charge in [0.05, 0.1) is 12.1 Å². The van der Waals surface area contributed by atoms with Crippen molar-refractivity contribution in [2.24, 2.45) is 0 Å². The van der Waals surface area contributed by atoms with Crippen LogP contribution in [-0.2, 0) is 12.8 Å². The highest BCUT2D eigenvalue weighted by Gasteiger charge is 2.37. The summed E-state index contributed by atoms with van der Waals surface area (Å²) in [5, 5.41) is 0. The molecule has 2 aromatic carbocycles. The van der Waals surface area contributed by atoms with Crippen molar-refractivity contribution in [1.82, 2.24) is 9.80 Å². The highest BCUT2D eigenvalue weighted by atomic mass is 15.2. The third kappa shape index (κ3) is 2.18. The van der Waals surface area contributed by atoms with E-state index in [0.717, 1.165) is 13.1 Å². The fourth-order valence-electron chi connectivity index (χ4n) is 4.27. The van der Waals surface area contributed by atoms with Gasteiger partial charge < -0.3 is 0 Å². The Bertz CT molecular complexity index is 619. The lowest BCUT2D eigenvalue weighted by molar-refractivity contribution is 0.0971. The van der Waals surface area contributed by atoms with Gasteiger partial charge in [-0.15, -0.1) is 0 Å². The summed E-state index contributed by atoms with van der Waals surface area (Å²) in [5.41, 5.74) is 6.10. The average molecular weight is 292 g/mol. The second-order valence-corrected chi connectivity index (χ2v) is 6.75. The molecule has 0 fully saturated rings. The van der Waals surface area contributed by atoms with Crippen LogP contribution in [-0.4, -0.2) is 37.0 Å². The molecule has 2 aliphatic rings. The SMILES string of the molecule is CN1CCc2ccccc2[C@@H]1[C@H]1c2ccccc2CCN1C. The Balaban J connectivity index is 1.84. The standard InChI is InChI=1S/C20H24N2/c1-21-13-11-15-7-3-5-9-17(15)19(21)20-18-10-6-4-8-16(18)12-14-22(20)2/h3-10,19-20H,11-14H2,1-2H3/t19-,20-/m1/s1. The first-order chi connectivity index (χ1) is 10.8. The molecular formula is C20H24N2. The molecule has 2 heterocycles. The van der Waals surface area contributed by atoms with Crippen LogP contribution in [0, 0.1) is 0 Å². The van der Waals surface area contributed by atoms with Gasteiger partial charge in [-0.2, -0.15) is 0 Å². The quantitative estimate of drug-likeness (QED) is 0.794. The molecule has 2 aromatic rings. The van der Waals surface area contributed by atoms with Gasteiger partial charge in [0.2, 0.25) is 0 Å². The largest absolute Gasteiger partial charge is 0.297 e. The number of hydrogen-bond donors (Lipinski definition) is 0. The van der Waals surface area contributed by atoms with Crippen molar-refractivity contribution in [3.8, 4) is 0 Å². The van der Waals surface area contributed by atoms with Crippen molar-refractivity contribution in [1.29, 1.82) is 0 Å². The third-order valence-corrected chi connectivity index (χ3v) is 5.46. The molecule has 0 saturated heterocycles. The van der Waals surface area contributed by atoms with Crippen LogP contribution in [0.4, 0.5) is 0 Å². The van der Waals surface area contributed by atoms with E-state index in [0.29, 0.717) is 12.1 Å². The van der Waals surface area contributed by atoms with Crippen molar-refractivity contribution in [2.45, 2.75) is 24.9 Å². The van der Waals surface area contributed by atoms with Crippen molar-refractivity contribution in [3.63, 3.8) is 0 Å². The average Bonchev–Trinajstić information content (AvgIpc) is 2.56. The molecule has 2 nitrogen and oxygen atoms in total. The maximum Gasteiger partial charge on any atom is 0.0545 e. The van der Waals surface area contributed by atoms with Gasteiger partial charge >= 0.3 is 0 Å². The minimum atomic E-state index is 0.455. The maximum atomic E-state index is 2.55. The van der Waals surface area contributed by atoms with Crippen LogP contribution < -0.4 is 0 Å². The lowest BCUT2D eigenvalue weighted by Crippen LogP contribution is -2.44. The first kappa shape index (κ1) is 14.0. The molecule has 0 radical (unpaired) electrons. The first-order valence-corrected chi connectivity index (χ1v) is 8.32. The Morgan fingerprint density at radius 2 is 1.09 bits per heavy atom. The third-order valence-electron chi connectivity index (χ3n) is 5.46. The second-order valence-electron chi connectivity index (χ2n) is 6.75. The number of rotatable bonds is 1. The molecule has 0 unspecified atom stereocenters. The van der Waals surface area contributed by atoms with Crippen molar-refractivity contribution < 1.29 is 0 Å². The number of likely N-dealkylation sites (N-methyl/N-ethyl adjacent to an activating group) is 2. The van der Waals surface area contributed by atoms with E-state index in [9.17, 15) is 0 Å². The summed E-state index contributed by atoms with van der Waals surface area (Å²) in [7, 11) is 4.57. The molecule has 22 heavy (non-hydrogen) atoms. The van der Waals surface area contributed by atoms with E-state index in [1.807, 2.05) is 0 Å². The van der Waals surface area contributed by atoms with Gasteiger partial charge in [0.25, 0.3) is 0 Å². The highest BCUT2D eigenvalue weighted by molar-refractivity contribution is 5.39. The molecule has 0 aromatic heterocycles. The molecular weight excluding hydrogens is 268 g/mol. The van der Waals surface area contributed by atoms with E-state index >= 15 is 0 Å². The van der Waals surface area contributed by atoms with Crippen LogP contribution in [0.3, 0.4) is 0 Å². The van der Waals surface area contributed by atoms with E-state index in [1.54, 1.807) is 0 Å². The Morgan fingerprint density at radius 1 is 0.682 bits per heavy atom. The normalized spacial score (nSPS) is 25.5. The number of nitrogens with zero attached hydrogens (tertiary/aromatic N) is 2. The van der Waals surface area contributed by atoms with Gasteiger partial charge in [0, 0.05) is 13.1 Å². The van der Waals surface area contributed by atoms with E-state index in [2.05, 4.69) is 72.4 Å². The molecule has 0 amide bonds. The lowest BCUT2D eigenvalue weighted by atomic mass is 9.81. The van der Waals surface area contributed by atoms with Crippen molar-refractivity contribution in [2.75, 3.05) is 27.2 Å². The predicted octanol–water partition coefficient (Wildman–Crippen LogP) is 3.44. The lowest BCUT2D eigenvalue weighted by Gasteiger charge is -2.46. The molecule has 114 valence electrons. The number of benzene rings is 2. The number of fused-ring (bicyclic) bond motifs is 2. The summed E-state index contributed by atoms with van der Waals surface area (Å²) in [4.78, 5) is 5.09. The summed E-state index contributed by atoms with van der Waals surface area (Å²) in [6.07, 6.45) is 2.34. The van der Waals surface area contributed by atoms with E-state index in [-0.39, 0.29) is 0 Å². The van der Waals surface area contributed by atoms with Crippen LogP contribution >= 0.6 is 0 Å². The predicted molar refractivity (Wildman–Crippen MR) is 91.0 cm³/mol. The fourth-order valence-corrected chi connectivity index (χ4v) is 4.27. The summed E-state index contributed by atoms with van der Waals surface area (Å²) < 4.78 is 0. The molecule has 0 bridgehead atoms. The zero-order valence-electron chi connectivity index (χ0n) is 13.5. The fraction of sp³-hybridized carbons (Fsp3) is 0.400. The monoisotopic (exact) mass is 292 g/mol. The minimum Gasteiger partial charge on any atom is -0.297 e. The van der Waals surface area contributed by atoms with E-state index < -0.39 is 0 Å². The van der Waals surface area contributed by atoms with Gasteiger partial charge in [-0.05, 0) is 49.2 Å². The smallest absolute Gasteiger partial charge is 0.0545 e. The highest BCUT2D eigenvalue weighted by Crippen LogP contribution is 2.43. The molecule has 2 aliphatic heterocycles. The van der Waals surface area contributed by atoms with Crippen molar-refractivity contribution in [3.05, 3.63) is 70.8 Å². The number of hydrogen-bond acceptors (Lipinski definition) is 2. The van der Waals surface area contributed by atoms with Crippen LogP contribution in [0.15, 0.2) is 48.5 Å². The van der Waals surface area contributed by atoms with Crippen LogP contribution in [0.2, 0.25) is 0 Å². The first-order valence-electron chi connectivity index (χ1n) is 8.32. The molecule has 0 spiro atoms. The molecule has 0 saturated carbocycles. The molecule has 0 N–H and O–H groups in total. The zero-order chi connectivity index (χ0) is 15.1. The van der Waals surface area contributed by atoms with E-state index in [1.165, 1.54) is 35.1 Å². The summed E-state index contributed by atoms with van der Waals surface area (Å²) in [5.74, 6) is 0. The Hall–Kier alpha value is -1.64. The molecule has 2 atom stereocenters. The summed E-state index contributed by atoms with van der Waals surface area (Å²) in [6.45, 7) is 2.29. The molecule has 4 rings (SSSR count). The minimum absolute atomic E-state index is 0.455. The van der Waals surface area contributed by atoms with Gasteiger partial charge in [-0.25, -0.2) is 0 Å². The van der Waals surface area contributed by atoms with Crippen LogP contribution in [0.1, 0.15) is 34.3 Å². The van der Waals surface area contributed by atoms with Crippen LogP contribution in [0.5, 0.6) is 0 Å². The summed E-state index contributed by atoms with van der Waals surface area (Å²) >= 11 is 0. The zero-order valence-corrected chi connectivity index (χ0v) is 13.5. The topological polar surface area (TPSA) is 6.48 Å². The Kier molecular flexibility index (Phi) is 3.51. The van der Waals surface area contributed by atoms with E-state index in [4.69, 9.17) is 0 Å². The molecule has 2 heteroatoms. The van der Waals surface area contributed by atoms with Gasteiger partial charge in [-0.3, -0.25) is 9.80 Å².